The summed E-state index contributed by atoms with van der Waals surface area (Å²) in [4.78, 5) is 0.139. The summed E-state index contributed by atoms with van der Waals surface area (Å²) in [5, 5.41) is 4.00. The van der Waals surface area contributed by atoms with Crippen LogP contribution >= 0.6 is 11.3 Å². The van der Waals surface area contributed by atoms with Crippen molar-refractivity contribution in [2.24, 2.45) is 0 Å². The number of nitrogens with two attached hydrogens (primary N) is 1. The summed E-state index contributed by atoms with van der Waals surface area (Å²) in [5.74, 6) is 0. The minimum atomic E-state index is -3.58. The van der Waals surface area contributed by atoms with Crippen molar-refractivity contribution in [3.63, 3.8) is 0 Å². The Kier molecular flexibility index (Phi) is 4.47. The van der Waals surface area contributed by atoms with Crippen LogP contribution in [0.15, 0.2) is 39.9 Å². The van der Waals surface area contributed by atoms with E-state index in [1.54, 1.807) is 29.5 Å². The molecule has 0 aliphatic heterocycles. The Hall–Kier alpha value is -1.37. The highest BCUT2D eigenvalue weighted by Gasteiger charge is 2.20. The van der Waals surface area contributed by atoms with E-state index in [2.05, 4.69) is 4.72 Å². The summed E-state index contributed by atoms with van der Waals surface area (Å²) in [6.45, 7) is 3.72. The van der Waals surface area contributed by atoms with E-state index in [9.17, 15) is 8.42 Å². The molecule has 0 amide bonds. The number of nitrogens with one attached hydrogen (secondary N) is 1. The lowest BCUT2D eigenvalue weighted by atomic mass is 10.1. The van der Waals surface area contributed by atoms with Gasteiger partial charge in [-0.25, -0.2) is 13.1 Å². The summed E-state index contributed by atoms with van der Waals surface area (Å²) in [7, 11) is -3.58. The molecular formula is C14H18N2O2S2. The Balaban J connectivity index is 2.14. The van der Waals surface area contributed by atoms with E-state index >= 15 is 0 Å². The Morgan fingerprint density at radius 3 is 2.70 bits per heavy atom. The van der Waals surface area contributed by atoms with E-state index in [-0.39, 0.29) is 16.6 Å². The second kappa shape index (κ2) is 5.95. The van der Waals surface area contributed by atoms with Crippen LogP contribution in [0.5, 0.6) is 0 Å². The molecule has 20 heavy (non-hydrogen) atoms. The first-order valence-electron chi connectivity index (χ1n) is 6.28. The average molecular weight is 310 g/mol. The molecule has 6 heteroatoms. The molecule has 1 unspecified atom stereocenters. The van der Waals surface area contributed by atoms with Gasteiger partial charge in [-0.1, -0.05) is 6.07 Å². The molecule has 2 aromatic rings. The highest BCUT2D eigenvalue weighted by Crippen LogP contribution is 2.20. The number of hydrogen-bond donors (Lipinski definition) is 2. The molecule has 0 aliphatic carbocycles. The zero-order valence-corrected chi connectivity index (χ0v) is 13.1. The van der Waals surface area contributed by atoms with Crippen LogP contribution in [-0.2, 0) is 16.4 Å². The second-order valence-corrected chi connectivity index (χ2v) is 7.36. The molecular weight excluding hydrogens is 292 g/mol. The minimum Gasteiger partial charge on any atom is -0.398 e. The molecule has 108 valence electrons. The van der Waals surface area contributed by atoms with Crippen LogP contribution in [-0.4, -0.2) is 14.5 Å². The second-order valence-electron chi connectivity index (χ2n) is 4.90. The van der Waals surface area contributed by atoms with Crippen molar-refractivity contribution < 1.29 is 8.42 Å². The first kappa shape index (κ1) is 15.0. The lowest BCUT2D eigenvalue weighted by Gasteiger charge is -2.15. The summed E-state index contributed by atoms with van der Waals surface area (Å²) in [5.41, 5.74) is 8.14. The van der Waals surface area contributed by atoms with E-state index < -0.39 is 10.0 Å². The van der Waals surface area contributed by atoms with Crippen LogP contribution in [0.25, 0.3) is 0 Å². The fraction of sp³-hybridized carbons (Fsp3) is 0.286. The van der Waals surface area contributed by atoms with Gasteiger partial charge in [-0.15, -0.1) is 0 Å². The quantitative estimate of drug-likeness (QED) is 0.834. The van der Waals surface area contributed by atoms with Gasteiger partial charge in [0.2, 0.25) is 10.0 Å². The molecule has 1 atom stereocenters. The topological polar surface area (TPSA) is 72.2 Å². The number of anilines is 1. The molecule has 0 fully saturated rings. The maximum atomic E-state index is 12.3. The van der Waals surface area contributed by atoms with Crippen LogP contribution in [0.2, 0.25) is 0 Å². The van der Waals surface area contributed by atoms with Gasteiger partial charge < -0.3 is 5.73 Å². The zero-order valence-electron chi connectivity index (χ0n) is 11.5. The lowest BCUT2D eigenvalue weighted by molar-refractivity contribution is 0.560. The van der Waals surface area contributed by atoms with Gasteiger partial charge in [-0.2, -0.15) is 11.3 Å². The number of thiophene rings is 1. The summed E-state index contributed by atoms with van der Waals surface area (Å²) in [6, 6.07) is 6.77. The van der Waals surface area contributed by atoms with Gasteiger partial charge in [-0.3, -0.25) is 0 Å². The van der Waals surface area contributed by atoms with Crippen molar-refractivity contribution in [3.8, 4) is 0 Å². The number of sulfonamides is 1. The third-order valence-corrected chi connectivity index (χ3v) is 5.33. The predicted octanol–water partition coefficient (Wildman–Crippen LogP) is 2.55. The molecule has 0 aliphatic rings. The third kappa shape index (κ3) is 3.59. The van der Waals surface area contributed by atoms with Gasteiger partial charge in [0.05, 0.1) is 5.69 Å². The molecule has 0 saturated heterocycles. The molecule has 0 radical (unpaired) electrons. The minimum absolute atomic E-state index is 0.139. The number of hydrogen-bond acceptors (Lipinski definition) is 4. The third-order valence-electron chi connectivity index (χ3n) is 2.93. The van der Waals surface area contributed by atoms with Gasteiger partial charge in [0.25, 0.3) is 0 Å². The Morgan fingerprint density at radius 1 is 1.35 bits per heavy atom. The average Bonchev–Trinajstić information content (AvgIpc) is 2.79. The SMILES string of the molecule is Cc1ccc(S(=O)(=O)NC(C)Cc2ccsc2)c(N)c1. The predicted molar refractivity (Wildman–Crippen MR) is 83.4 cm³/mol. The molecule has 0 bridgehead atoms. The van der Waals surface area contributed by atoms with Crippen molar-refractivity contribution in [2.45, 2.75) is 31.2 Å². The number of benzene rings is 1. The molecule has 0 saturated carbocycles. The van der Waals surface area contributed by atoms with Gasteiger partial charge >= 0.3 is 0 Å². The van der Waals surface area contributed by atoms with Crippen molar-refractivity contribution in [1.29, 1.82) is 0 Å². The van der Waals surface area contributed by atoms with Crippen LogP contribution in [0.4, 0.5) is 5.69 Å². The van der Waals surface area contributed by atoms with Crippen LogP contribution in [0.1, 0.15) is 18.1 Å². The lowest BCUT2D eigenvalue weighted by Crippen LogP contribution is -2.34. The zero-order chi connectivity index (χ0) is 14.8. The molecule has 1 aromatic carbocycles. The number of aryl methyl sites for hydroxylation is 1. The first-order valence-corrected chi connectivity index (χ1v) is 8.70. The Bertz CT molecular complexity index is 679. The molecule has 2 rings (SSSR count). The van der Waals surface area contributed by atoms with Crippen molar-refractivity contribution in [2.75, 3.05) is 5.73 Å². The largest absolute Gasteiger partial charge is 0.398 e. The van der Waals surface area contributed by atoms with Gasteiger partial charge in [0.15, 0.2) is 0 Å². The maximum absolute atomic E-state index is 12.3. The Labute approximate surface area is 123 Å². The molecule has 1 heterocycles. The number of rotatable bonds is 5. The maximum Gasteiger partial charge on any atom is 0.242 e. The van der Waals surface area contributed by atoms with Gasteiger partial charge in [0.1, 0.15) is 4.90 Å². The van der Waals surface area contributed by atoms with Crippen LogP contribution in [0.3, 0.4) is 0 Å². The molecule has 4 nitrogen and oxygen atoms in total. The summed E-state index contributed by atoms with van der Waals surface area (Å²) < 4.78 is 27.3. The van der Waals surface area contributed by atoms with Gasteiger partial charge in [-0.05, 0) is 60.4 Å². The van der Waals surface area contributed by atoms with E-state index in [4.69, 9.17) is 5.73 Å². The fourth-order valence-electron chi connectivity index (χ4n) is 2.04. The number of nitrogen functional groups attached to an aromatic ring is 1. The monoisotopic (exact) mass is 310 g/mol. The highest BCUT2D eigenvalue weighted by molar-refractivity contribution is 7.89. The summed E-state index contributed by atoms with van der Waals surface area (Å²) in [6.07, 6.45) is 0.661. The molecule has 3 N–H and O–H groups in total. The van der Waals surface area contributed by atoms with E-state index in [1.165, 1.54) is 0 Å². The fourth-order valence-corrected chi connectivity index (χ4v) is 4.08. The van der Waals surface area contributed by atoms with E-state index in [0.717, 1.165) is 11.1 Å². The molecule has 0 spiro atoms. The first-order chi connectivity index (χ1) is 9.38. The Morgan fingerprint density at radius 2 is 2.10 bits per heavy atom. The standard InChI is InChI=1S/C14H18N2O2S2/c1-10-3-4-14(13(15)7-10)20(17,18)16-11(2)8-12-5-6-19-9-12/h3-7,9,11,16H,8,15H2,1-2H3. The molecule has 1 aromatic heterocycles. The van der Waals surface area contributed by atoms with E-state index in [0.29, 0.717) is 6.42 Å². The van der Waals surface area contributed by atoms with E-state index in [1.807, 2.05) is 30.7 Å². The van der Waals surface area contributed by atoms with Gasteiger partial charge in [0, 0.05) is 6.04 Å². The normalized spacial score (nSPS) is 13.3. The van der Waals surface area contributed by atoms with Crippen LogP contribution in [0, 0.1) is 6.92 Å². The van der Waals surface area contributed by atoms with Crippen molar-refractivity contribution >= 4 is 27.0 Å². The van der Waals surface area contributed by atoms with Crippen molar-refractivity contribution in [1.82, 2.24) is 4.72 Å². The van der Waals surface area contributed by atoms with Crippen LogP contribution < -0.4 is 10.5 Å². The summed E-state index contributed by atoms with van der Waals surface area (Å²) >= 11 is 1.60. The highest BCUT2D eigenvalue weighted by atomic mass is 32.2. The smallest absolute Gasteiger partial charge is 0.242 e. The van der Waals surface area contributed by atoms with Crippen molar-refractivity contribution in [3.05, 3.63) is 46.2 Å².